The van der Waals surface area contributed by atoms with Crippen LogP contribution in [0.4, 0.5) is 4.39 Å². The lowest BCUT2D eigenvalue weighted by Crippen LogP contribution is -2.66. The fourth-order valence-electron chi connectivity index (χ4n) is 4.29. The number of sulfonamides is 1. The average Bonchev–Trinajstić information content (AvgIpc) is 3.00. The molecule has 3 atom stereocenters. The number of methoxy groups -OCH3 is 1. The number of ether oxygens (including phenoxy) is 2. The van der Waals surface area contributed by atoms with Crippen LogP contribution < -0.4 is 0 Å². The first-order valence-corrected chi connectivity index (χ1v) is 9.54. The van der Waals surface area contributed by atoms with Crippen LogP contribution in [0.3, 0.4) is 0 Å². The summed E-state index contributed by atoms with van der Waals surface area (Å²) in [6.45, 7) is 4.52. The summed E-state index contributed by atoms with van der Waals surface area (Å²) >= 11 is 0. The molecule has 0 radical (unpaired) electrons. The Morgan fingerprint density at radius 1 is 1.40 bits per heavy atom. The molecule has 0 amide bonds. The van der Waals surface area contributed by atoms with Crippen molar-refractivity contribution in [3.05, 3.63) is 29.6 Å². The van der Waals surface area contributed by atoms with E-state index in [1.807, 2.05) is 13.8 Å². The molecule has 1 aliphatic carbocycles. The fourth-order valence-corrected chi connectivity index (χ4v) is 5.91. The van der Waals surface area contributed by atoms with Gasteiger partial charge in [0.25, 0.3) is 0 Å². The molecule has 1 saturated heterocycles. The SMILES string of the molecule is COC(=O)c1ccc(F)c(S(=O)(=O)N(C)[C@@H]2[C@@H]3CCO[C@H]3C2(C)C)c1. The van der Waals surface area contributed by atoms with Gasteiger partial charge in [-0.3, -0.25) is 0 Å². The largest absolute Gasteiger partial charge is 0.465 e. The number of esters is 1. The van der Waals surface area contributed by atoms with Gasteiger partial charge in [-0.2, -0.15) is 4.31 Å². The predicted octanol–water partition coefficient (Wildman–Crippen LogP) is 2.05. The van der Waals surface area contributed by atoms with Crippen molar-refractivity contribution in [2.45, 2.75) is 37.3 Å². The van der Waals surface area contributed by atoms with Crippen LogP contribution in [0, 0.1) is 17.2 Å². The summed E-state index contributed by atoms with van der Waals surface area (Å²) in [4.78, 5) is 11.1. The van der Waals surface area contributed by atoms with Gasteiger partial charge in [-0.1, -0.05) is 13.8 Å². The van der Waals surface area contributed by atoms with E-state index in [4.69, 9.17) is 4.74 Å². The van der Waals surface area contributed by atoms with Crippen LogP contribution in [0.25, 0.3) is 0 Å². The van der Waals surface area contributed by atoms with Crippen molar-refractivity contribution < 1.29 is 27.1 Å². The van der Waals surface area contributed by atoms with E-state index < -0.39 is 26.7 Å². The third-order valence-electron chi connectivity index (χ3n) is 5.44. The molecular formula is C17H22FNO5S. The van der Waals surface area contributed by atoms with E-state index in [0.29, 0.717) is 6.61 Å². The molecule has 3 rings (SSSR count). The Hall–Kier alpha value is -1.51. The molecule has 0 bridgehead atoms. The van der Waals surface area contributed by atoms with Crippen molar-refractivity contribution in [3.63, 3.8) is 0 Å². The summed E-state index contributed by atoms with van der Waals surface area (Å²) in [5, 5.41) is 0. The normalized spacial score (nSPS) is 27.7. The summed E-state index contributed by atoms with van der Waals surface area (Å²) in [5.41, 5.74) is -0.370. The van der Waals surface area contributed by atoms with Crippen molar-refractivity contribution in [2.24, 2.45) is 11.3 Å². The molecule has 0 spiro atoms. The molecule has 1 saturated carbocycles. The van der Waals surface area contributed by atoms with E-state index in [1.165, 1.54) is 24.5 Å². The molecule has 2 fully saturated rings. The predicted molar refractivity (Wildman–Crippen MR) is 88.1 cm³/mol. The number of halogens is 1. The molecular weight excluding hydrogens is 349 g/mol. The van der Waals surface area contributed by atoms with Gasteiger partial charge in [-0.25, -0.2) is 17.6 Å². The van der Waals surface area contributed by atoms with Gasteiger partial charge < -0.3 is 9.47 Å². The monoisotopic (exact) mass is 371 g/mol. The molecule has 138 valence electrons. The first-order valence-electron chi connectivity index (χ1n) is 8.10. The first-order chi connectivity index (χ1) is 11.6. The Labute approximate surface area is 147 Å². The van der Waals surface area contributed by atoms with Crippen molar-refractivity contribution in [3.8, 4) is 0 Å². The number of carbonyl (C=O) groups is 1. The van der Waals surface area contributed by atoms with Crippen LogP contribution >= 0.6 is 0 Å². The van der Waals surface area contributed by atoms with Gasteiger partial charge >= 0.3 is 5.97 Å². The highest BCUT2D eigenvalue weighted by molar-refractivity contribution is 7.89. The number of rotatable bonds is 4. The zero-order chi connectivity index (χ0) is 18.6. The van der Waals surface area contributed by atoms with Crippen LogP contribution in [0.2, 0.25) is 0 Å². The third kappa shape index (κ3) is 2.67. The average molecular weight is 371 g/mol. The Balaban J connectivity index is 1.98. The van der Waals surface area contributed by atoms with E-state index in [0.717, 1.165) is 18.6 Å². The number of hydrogen-bond donors (Lipinski definition) is 0. The summed E-state index contributed by atoms with van der Waals surface area (Å²) in [6, 6.07) is 2.92. The Morgan fingerprint density at radius 3 is 2.72 bits per heavy atom. The van der Waals surface area contributed by atoms with E-state index >= 15 is 0 Å². The zero-order valence-electron chi connectivity index (χ0n) is 14.7. The standard InChI is InChI=1S/C17H22FNO5S/c1-17(2)14(11-7-8-24-15(11)17)19(3)25(21,22)13-9-10(16(20)23-4)5-6-12(13)18/h5-6,9,11,14-15H,7-8H2,1-4H3/t11-,14+,15+/m0/s1. The number of fused-ring (bicyclic) bond motifs is 1. The molecule has 0 aromatic heterocycles. The summed E-state index contributed by atoms with van der Waals surface area (Å²) in [7, 11) is -1.47. The van der Waals surface area contributed by atoms with Crippen molar-refractivity contribution >= 4 is 16.0 Å². The lowest BCUT2D eigenvalue weighted by Gasteiger charge is -2.57. The van der Waals surface area contributed by atoms with Gasteiger partial charge in [-0.05, 0) is 24.6 Å². The maximum absolute atomic E-state index is 14.3. The quantitative estimate of drug-likeness (QED) is 0.758. The topological polar surface area (TPSA) is 72.9 Å². The summed E-state index contributed by atoms with van der Waals surface area (Å²) in [5.74, 6) is -1.51. The van der Waals surface area contributed by atoms with Gasteiger partial charge in [0.2, 0.25) is 10.0 Å². The van der Waals surface area contributed by atoms with Crippen molar-refractivity contribution in [2.75, 3.05) is 20.8 Å². The second kappa shape index (κ2) is 6.03. The van der Waals surface area contributed by atoms with Crippen molar-refractivity contribution in [1.29, 1.82) is 0 Å². The molecule has 6 nitrogen and oxygen atoms in total. The fraction of sp³-hybridized carbons (Fsp3) is 0.588. The maximum Gasteiger partial charge on any atom is 0.337 e. The van der Waals surface area contributed by atoms with Crippen LogP contribution in [0.15, 0.2) is 23.1 Å². The highest BCUT2D eigenvalue weighted by atomic mass is 32.2. The molecule has 8 heteroatoms. The van der Waals surface area contributed by atoms with E-state index in [2.05, 4.69) is 4.74 Å². The molecule has 25 heavy (non-hydrogen) atoms. The number of nitrogens with zero attached hydrogens (tertiary/aromatic N) is 1. The summed E-state index contributed by atoms with van der Waals surface area (Å²) in [6.07, 6.45) is 0.796. The maximum atomic E-state index is 14.3. The van der Waals surface area contributed by atoms with Crippen molar-refractivity contribution in [1.82, 2.24) is 4.31 Å². The highest BCUT2D eigenvalue weighted by Crippen LogP contribution is 2.55. The molecule has 1 aromatic carbocycles. The molecule has 1 aliphatic heterocycles. The Kier molecular flexibility index (Phi) is 4.41. The molecule has 0 unspecified atom stereocenters. The van der Waals surface area contributed by atoms with Crippen LogP contribution in [0.5, 0.6) is 0 Å². The van der Waals surface area contributed by atoms with E-state index in [9.17, 15) is 17.6 Å². The molecule has 1 aromatic rings. The summed E-state index contributed by atoms with van der Waals surface area (Å²) < 4.78 is 51.8. The zero-order valence-corrected chi connectivity index (χ0v) is 15.5. The number of carbonyl (C=O) groups excluding carboxylic acids is 1. The van der Waals surface area contributed by atoms with E-state index in [1.54, 1.807) is 0 Å². The lowest BCUT2D eigenvalue weighted by molar-refractivity contribution is -0.131. The minimum Gasteiger partial charge on any atom is -0.465 e. The second-order valence-corrected chi connectivity index (χ2v) is 9.13. The molecule has 1 heterocycles. The van der Waals surface area contributed by atoms with Gasteiger partial charge in [0.15, 0.2) is 0 Å². The molecule has 0 N–H and O–H groups in total. The number of benzene rings is 1. The van der Waals surface area contributed by atoms with E-state index in [-0.39, 0.29) is 29.0 Å². The lowest BCUT2D eigenvalue weighted by atomic mass is 9.57. The smallest absolute Gasteiger partial charge is 0.337 e. The van der Waals surface area contributed by atoms with Gasteiger partial charge in [-0.15, -0.1) is 0 Å². The second-order valence-electron chi connectivity index (χ2n) is 7.17. The third-order valence-corrected chi connectivity index (χ3v) is 7.29. The van der Waals surface area contributed by atoms with Crippen LogP contribution in [0.1, 0.15) is 30.6 Å². The highest BCUT2D eigenvalue weighted by Gasteiger charge is 2.62. The minimum atomic E-state index is -4.11. The van der Waals surface area contributed by atoms with Crippen LogP contribution in [-0.2, 0) is 19.5 Å². The Morgan fingerprint density at radius 2 is 2.08 bits per heavy atom. The van der Waals surface area contributed by atoms with Gasteiger partial charge in [0, 0.05) is 31.0 Å². The Bertz CT molecular complexity index is 807. The van der Waals surface area contributed by atoms with Crippen LogP contribution in [-0.4, -0.2) is 51.6 Å². The molecule has 2 aliphatic rings. The van der Waals surface area contributed by atoms with Gasteiger partial charge in [0.05, 0.1) is 18.8 Å². The number of hydrogen-bond acceptors (Lipinski definition) is 5. The first kappa shape index (κ1) is 18.3. The minimum absolute atomic E-state index is 0.00850. The van der Waals surface area contributed by atoms with Gasteiger partial charge in [0.1, 0.15) is 10.7 Å².